The molecule has 4 nitrogen and oxygen atoms in total. The molecule has 24 heavy (non-hydrogen) atoms. The van der Waals surface area contributed by atoms with Gasteiger partial charge in [0.15, 0.2) is 5.82 Å². The lowest BCUT2D eigenvalue weighted by molar-refractivity contribution is 0.102. The van der Waals surface area contributed by atoms with Gasteiger partial charge in [0.25, 0.3) is 5.91 Å². The molecular weight excluding hydrogens is 366 g/mol. The zero-order valence-electron chi connectivity index (χ0n) is 13.4. The molecule has 3 aromatic rings. The molecule has 3 rings (SSSR count). The first-order valence-electron chi connectivity index (χ1n) is 7.51. The Kier molecular flexibility index (Phi) is 4.71. The topological polar surface area (TPSA) is 54.9 Å². The molecule has 0 spiro atoms. The molecule has 1 aromatic heterocycles. The maximum atomic E-state index is 12.5. The molecule has 0 aliphatic rings. The summed E-state index contributed by atoms with van der Waals surface area (Å²) in [5.41, 5.74) is 3.80. The summed E-state index contributed by atoms with van der Waals surface area (Å²) < 4.78 is 0.977. The van der Waals surface area contributed by atoms with Gasteiger partial charge in [-0.25, -0.2) is 9.97 Å². The lowest BCUT2D eigenvalue weighted by atomic mass is 10.1. The SMILES string of the molecule is Cc1cc(Br)ccc1NC(=O)c1cnc(-c2ccccc2)nc1C. The van der Waals surface area contributed by atoms with E-state index in [0.29, 0.717) is 17.1 Å². The zero-order valence-corrected chi connectivity index (χ0v) is 15.0. The number of amides is 1. The van der Waals surface area contributed by atoms with E-state index in [2.05, 4.69) is 31.2 Å². The Balaban J connectivity index is 1.85. The van der Waals surface area contributed by atoms with Gasteiger partial charge in [-0.1, -0.05) is 46.3 Å². The molecule has 1 heterocycles. The first-order chi connectivity index (χ1) is 11.5. The van der Waals surface area contributed by atoms with Crippen molar-refractivity contribution in [2.24, 2.45) is 0 Å². The van der Waals surface area contributed by atoms with E-state index in [0.717, 1.165) is 21.3 Å². The van der Waals surface area contributed by atoms with Crippen LogP contribution in [0.1, 0.15) is 21.6 Å². The van der Waals surface area contributed by atoms with E-state index in [9.17, 15) is 4.79 Å². The third-order valence-electron chi connectivity index (χ3n) is 3.69. The number of anilines is 1. The second kappa shape index (κ2) is 6.93. The monoisotopic (exact) mass is 381 g/mol. The molecule has 120 valence electrons. The second-order valence-electron chi connectivity index (χ2n) is 5.47. The molecule has 0 atom stereocenters. The van der Waals surface area contributed by atoms with Crippen molar-refractivity contribution in [3.63, 3.8) is 0 Å². The number of rotatable bonds is 3. The van der Waals surface area contributed by atoms with E-state index in [-0.39, 0.29) is 5.91 Å². The summed E-state index contributed by atoms with van der Waals surface area (Å²) in [7, 11) is 0. The van der Waals surface area contributed by atoms with Crippen LogP contribution in [0.2, 0.25) is 0 Å². The van der Waals surface area contributed by atoms with Gasteiger partial charge in [-0.05, 0) is 37.6 Å². The van der Waals surface area contributed by atoms with E-state index < -0.39 is 0 Å². The highest BCUT2D eigenvalue weighted by molar-refractivity contribution is 9.10. The number of hydrogen-bond donors (Lipinski definition) is 1. The molecule has 0 saturated carbocycles. The molecule has 2 aromatic carbocycles. The van der Waals surface area contributed by atoms with Crippen molar-refractivity contribution in [2.75, 3.05) is 5.32 Å². The highest BCUT2D eigenvalue weighted by Gasteiger charge is 2.13. The quantitative estimate of drug-likeness (QED) is 0.710. The molecule has 0 aliphatic carbocycles. The molecule has 0 fully saturated rings. The van der Waals surface area contributed by atoms with Gasteiger partial charge in [0.05, 0.1) is 11.3 Å². The standard InChI is InChI=1S/C19H16BrN3O/c1-12-10-15(20)8-9-17(12)23-19(24)16-11-21-18(22-13(16)2)14-6-4-3-5-7-14/h3-11H,1-2H3,(H,23,24). The van der Waals surface area contributed by atoms with Crippen molar-refractivity contribution in [3.05, 3.63) is 76.0 Å². The summed E-state index contributed by atoms with van der Waals surface area (Å²) in [6, 6.07) is 15.4. The Labute approximate surface area is 149 Å². The van der Waals surface area contributed by atoms with Gasteiger partial charge in [0.2, 0.25) is 0 Å². The fraction of sp³-hybridized carbons (Fsp3) is 0.105. The highest BCUT2D eigenvalue weighted by Crippen LogP contribution is 2.21. The molecule has 0 saturated heterocycles. The Bertz CT molecular complexity index is 894. The van der Waals surface area contributed by atoms with Crippen molar-refractivity contribution >= 4 is 27.5 Å². The third-order valence-corrected chi connectivity index (χ3v) is 4.19. The number of hydrogen-bond acceptors (Lipinski definition) is 3. The molecule has 0 unspecified atom stereocenters. The molecule has 1 N–H and O–H groups in total. The Morgan fingerprint density at radius 2 is 1.83 bits per heavy atom. The molecule has 1 amide bonds. The summed E-state index contributed by atoms with van der Waals surface area (Å²) in [6.45, 7) is 3.76. The zero-order chi connectivity index (χ0) is 17.1. The average Bonchev–Trinajstić information content (AvgIpc) is 2.58. The van der Waals surface area contributed by atoms with Gasteiger partial charge in [-0.2, -0.15) is 0 Å². The van der Waals surface area contributed by atoms with Crippen molar-refractivity contribution in [3.8, 4) is 11.4 Å². The minimum Gasteiger partial charge on any atom is -0.322 e. The van der Waals surface area contributed by atoms with Crippen molar-refractivity contribution in [1.82, 2.24) is 9.97 Å². The summed E-state index contributed by atoms with van der Waals surface area (Å²) in [5.74, 6) is 0.405. The summed E-state index contributed by atoms with van der Waals surface area (Å²) in [5, 5.41) is 2.91. The average molecular weight is 382 g/mol. The minimum absolute atomic E-state index is 0.211. The predicted octanol–water partition coefficient (Wildman–Crippen LogP) is 4.78. The van der Waals surface area contributed by atoms with Crippen LogP contribution >= 0.6 is 15.9 Å². The summed E-state index contributed by atoms with van der Waals surface area (Å²) in [4.78, 5) is 21.3. The lowest BCUT2D eigenvalue weighted by Crippen LogP contribution is -2.15. The smallest absolute Gasteiger partial charge is 0.259 e. The number of nitrogens with one attached hydrogen (secondary N) is 1. The van der Waals surface area contributed by atoms with Crippen LogP contribution in [0.5, 0.6) is 0 Å². The fourth-order valence-electron chi connectivity index (χ4n) is 2.37. The summed E-state index contributed by atoms with van der Waals surface area (Å²) in [6.07, 6.45) is 1.58. The number of carbonyl (C=O) groups is 1. The van der Waals surface area contributed by atoms with Crippen LogP contribution in [0.3, 0.4) is 0 Å². The van der Waals surface area contributed by atoms with Gasteiger partial charge < -0.3 is 5.32 Å². The van der Waals surface area contributed by atoms with E-state index >= 15 is 0 Å². The fourth-order valence-corrected chi connectivity index (χ4v) is 2.85. The van der Waals surface area contributed by atoms with E-state index in [4.69, 9.17) is 0 Å². The van der Waals surface area contributed by atoms with Gasteiger partial charge in [-0.15, -0.1) is 0 Å². The third kappa shape index (κ3) is 3.51. The minimum atomic E-state index is -0.211. The van der Waals surface area contributed by atoms with Gasteiger partial charge >= 0.3 is 0 Å². The molecule has 0 bridgehead atoms. The Morgan fingerprint density at radius 1 is 1.08 bits per heavy atom. The van der Waals surface area contributed by atoms with Crippen LogP contribution in [-0.4, -0.2) is 15.9 Å². The number of nitrogens with zero attached hydrogens (tertiary/aromatic N) is 2. The van der Waals surface area contributed by atoms with Crippen LogP contribution < -0.4 is 5.32 Å². The number of aryl methyl sites for hydroxylation is 2. The summed E-state index contributed by atoms with van der Waals surface area (Å²) >= 11 is 3.42. The number of aromatic nitrogens is 2. The van der Waals surface area contributed by atoms with Gasteiger partial charge in [0, 0.05) is 21.9 Å². The predicted molar refractivity (Wildman–Crippen MR) is 99.0 cm³/mol. The van der Waals surface area contributed by atoms with E-state index in [1.54, 1.807) is 6.20 Å². The molecule has 0 aliphatic heterocycles. The first kappa shape index (κ1) is 16.3. The van der Waals surface area contributed by atoms with Crippen LogP contribution in [0.15, 0.2) is 59.2 Å². The lowest BCUT2D eigenvalue weighted by Gasteiger charge is -2.10. The van der Waals surface area contributed by atoms with Crippen LogP contribution in [-0.2, 0) is 0 Å². The van der Waals surface area contributed by atoms with Crippen LogP contribution in [0, 0.1) is 13.8 Å². The maximum absolute atomic E-state index is 12.5. The van der Waals surface area contributed by atoms with Crippen LogP contribution in [0.25, 0.3) is 11.4 Å². The Hall–Kier alpha value is -2.53. The maximum Gasteiger partial charge on any atom is 0.259 e. The number of halogens is 1. The van der Waals surface area contributed by atoms with Gasteiger partial charge in [0.1, 0.15) is 0 Å². The van der Waals surface area contributed by atoms with Crippen molar-refractivity contribution in [2.45, 2.75) is 13.8 Å². The first-order valence-corrected chi connectivity index (χ1v) is 8.30. The molecule has 5 heteroatoms. The largest absolute Gasteiger partial charge is 0.322 e. The van der Waals surface area contributed by atoms with Crippen LogP contribution in [0.4, 0.5) is 5.69 Å². The van der Waals surface area contributed by atoms with Gasteiger partial charge in [-0.3, -0.25) is 4.79 Å². The van der Waals surface area contributed by atoms with E-state index in [1.165, 1.54) is 0 Å². The molecule has 0 radical (unpaired) electrons. The molecular formula is C19H16BrN3O. The Morgan fingerprint density at radius 3 is 2.50 bits per heavy atom. The highest BCUT2D eigenvalue weighted by atomic mass is 79.9. The van der Waals surface area contributed by atoms with Crippen molar-refractivity contribution < 1.29 is 4.79 Å². The number of carbonyl (C=O) groups excluding carboxylic acids is 1. The second-order valence-corrected chi connectivity index (χ2v) is 6.39. The number of benzene rings is 2. The van der Waals surface area contributed by atoms with E-state index in [1.807, 2.05) is 62.4 Å². The normalized spacial score (nSPS) is 10.5. The van der Waals surface area contributed by atoms with Crippen molar-refractivity contribution in [1.29, 1.82) is 0 Å².